The number of piperidine rings is 1. The third kappa shape index (κ3) is 2.62. The Labute approximate surface area is 120 Å². The van der Waals surface area contributed by atoms with E-state index in [9.17, 15) is 14.7 Å². The molecule has 1 saturated carbocycles. The molecule has 2 saturated heterocycles. The molecule has 0 bridgehead atoms. The molecule has 2 N–H and O–H groups in total. The first-order valence-electron chi connectivity index (χ1n) is 7.40. The van der Waals surface area contributed by atoms with Gasteiger partial charge in [0.05, 0.1) is 0 Å². The zero-order valence-corrected chi connectivity index (χ0v) is 12.0. The summed E-state index contributed by atoms with van der Waals surface area (Å²) in [6, 6.07) is 0.146. The molecule has 5 nitrogen and oxygen atoms in total. The lowest BCUT2D eigenvalue weighted by Gasteiger charge is -2.61. The standard InChI is InChI=1S/C13H23BFN3O2/c1-16-4-2-10(3-5-16)18(13(14,19)20)11-6-12(7-11)8-17(15)9-12/h10-11,19-20H,2-9H2,1H3. The highest BCUT2D eigenvalue weighted by Crippen LogP contribution is 2.51. The lowest BCUT2D eigenvalue weighted by atomic mass is 9.60. The van der Waals surface area contributed by atoms with E-state index < -0.39 is 5.81 Å². The summed E-state index contributed by atoms with van der Waals surface area (Å²) in [4.78, 5) is 3.89. The van der Waals surface area contributed by atoms with E-state index in [1.165, 1.54) is 0 Å². The second-order valence-corrected chi connectivity index (χ2v) is 6.97. The van der Waals surface area contributed by atoms with Crippen LogP contribution in [0.4, 0.5) is 4.48 Å². The summed E-state index contributed by atoms with van der Waals surface area (Å²) < 4.78 is 12.9. The molecule has 7 heteroatoms. The van der Waals surface area contributed by atoms with Crippen molar-refractivity contribution < 1.29 is 14.7 Å². The lowest BCUT2D eigenvalue weighted by molar-refractivity contribution is -0.269. The predicted molar refractivity (Wildman–Crippen MR) is 73.4 cm³/mol. The van der Waals surface area contributed by atoms with Gasteiger partial charge in [0, 0.05) is 30.6 Å². The van der Waals surface area contributed by atoms with E-state index in [-0.39, 0.29) is 17.5 Å². The summed E-state index contributed by atoms with van der Waals surface area (Å²) in [5.41, 5.74) is 0.0500. The Balaban J connectivity index is 1.63. The number of aliphatic hydroxyl groups is 2. The van der Waals surface area contributed by atoms with E-state index in [1.807, 2.05) is 0 Å². The van der Waals surface area contributed by atoms with Gasteiger partial charge in [0.2, 0.25) is 0 Å². The summed E-state index contributed by atoms with van der Waals surface area (Å²) in [5, 5.41) is 20.6. The molecule has 3 aliphatic rings. The number of hydrogen-bond acceptors (Lipinski definition) is 5. The van der Waals surface area contributed by atoms with Crippen LogP contribution in [0.15, 0.2) is 0 Å². The van der Waals surface area contributed by atoms with E-state index in [1.54, 1.807) is 4.90 Å². The van der Waals surface area contributed by atoms with Crippen molar-refractivity contribution in [1.82, 2.24) is 14.9 Å². The fourth-order valence-corrected chi connectivity index (χ4v) is 4.19. The smallest absolute Gasteiger partial charge is 0.178 e. The van der Waals surface area contributed by atoms with Crippen LogP contribution >= 0.6 is 0 Å². The van der Waals surface area contributed by atoms with Crippen molar-refractivity contribution in [2.24, 2.45) is 5.41 Å². The van der Waals surface area contributed by atoms with Crippen LogP contribution in [0.5, 0.6) is 0 Å². The van der Waals surface area contributed by atoms with Crippen LogP contribution in [0.25, 0.3) is 0 Å². The number of nitrogens with zero attached hydrogens (tertiary/aromatic N) is 3. The van der Waals surface area contributed by atoms with Gasteiger partial charge in [0.25, 0.3) is 0 Å². The molecule has 1 spiro atoms. The Morgan fingerprint density at radius 1 is 1.20 bits per heavy atom. The van der Waals surface area contributed by atoms with Gasteiger partial charge in [-0.2, -0.15) is 0 Å². The molecule has 2 heterocycles. The summed E-state index contributed by atoms with van der Waals surface area (Å²) in [6.45, 7) is 2.82. The van der Waals surface area contributed by atoms with E-state index in [2.05, 4.69) is 11.9 Å². The summed E-state index contributed by atoms with van der Waals surface area (Å²) in [5.74, 6) is -2.27. The minimum atomic E-state index is -2.27. The molecule has 0 aromatic carbocycles. The first-order valence-corrected chi connectivity index (χ1v) is 7.40. The maximum Gasteiger partial charge on any atom is 0.178 e. The van der Waals surface area contributed by atoms with Crippen molar-refractivity contribution >= 4 is 7.85 Å². The molecule has 3 fully saturated rings. The highest BCUT2D eigenvalue weighted by molar-refractivity contribution is 6.12. The molecule has 20 heavy (non-hydrogen) atoms. The molecule has 3 rings (SSSR count). The average molecular weight is 283 g/mol. The quantitative estimate of drug-likeness (QED) is 0.415. The Hall–Kier alpha value is -0.205. The Bertz CT molecular complexity index is 357. The van der Waals surface area contributed by atoms with Gasteiger partial charge >= 0.3 is 0 Å². The minimum Gasteiger partial charge on any atom is -0.362 e. The zero-order valence-electron chi connectivity index (χ0n) is 12.0. The molecule has 0 aromatic rings. The Morgan fingerprint density at radius 2 is 1.75 bits per heavy atom. The van der Waals surface area contributed by atoms with Gasteiger partial charge in [-0.25, -0.2) is 0 Å². The van der Waals surface area contributed by atoms with Crippen molar-refractivity contribution in [2.75, 3.05) is 33.2 Å². The first-order chi connectivity index (χ1) is 9.29. The van der Waals surface area contributed by atoms with E-state index in [4.69, 9.17) is 7.85 Å². The lowest BCUT2D eigenvalue weighted by Crippen LogP contribution is -2.70. The van der Waals surface area contributed by atoms with Crippen LogP contribution in [0.2, 0.25) is 0 Å². The van der Waals surface area contributed by atoms with Crippen LogP contribution < -0.4 is 0 Å². The first kappa shape index (κ1) is 14.7. The molecule has 0 unspecified atom stereocenters. The third-order valence-electron chi connectivity index (χ3n) is 5.21. The highest BCUT2D eigenvalue weighted by Gasteiger charge is 2.57. The normalized spacial score (nSPS) is 29.6. The number of rotatable bonds is 3. The maximum atomic E-state index is 12.9. The molecule has 0 amide bonds. The fraction of sp³-hybridized carbons (Fsp3) is 1.00. The summed E-state index contributed by atoms with van der Waals surface area (Å²) in [7, 11) is 7.64. The van der Waals surface area contributed by atoms with Gasteiger partial charge in [-0.05, 0) is 45.8 Å². The highest BCUT2D eigenvalue weighted by atomic mass is 19.2. The van der Waals surface area contributed by atoms with Crippen LogP contribution in [0.3, 0.4) is 0 Å². The van der Waals surface area contributed by atoms with E-state index >= 15 is 0 Å². The zero-order chi connectivity index (χ0) is 14.5. The predicted octanol–water partition coefficient (Wildman–Crippen LogP) is -0.504. The average Bonchev–Trinajstić information content (AvgIpc) is 2.25. The van der Waals surface area contributed by atoms with E-state index in [0.717, 1.165) is 43.9 Å². The van der Waals surface area contributed by atoms with Gasteiger partial charge in [0.1, 0.15) is 0 Å². The monoisotopic (exact) mass is 283 g/mol. The molecule has 2 radical (unpaired) electrons. The van der Waals surface area contributed by atoms with E-state index in [0.29, 0.717) is 13.1 Å². The maximum absolute atomic E-state index is 12.9. The SMILES string of the molecule is [B]C(O)(O)N(C1CCN(C)CC1)C1CC2(C1)CN(F)C2. The van der Waals surface area contributed by atoms with Gasteiger partial charge in [-0.1, -0.05) is 0 Å². The van der Waals surface area contributed by atoms with Gasteiger partial charge in [-0.3, -0.25) is 4.90 Å². The molecule has 1 aliphatic carbocycles. The Kier molecular flexibility index (Phi) is 3.62. The van der Waals surface area contributed by atoms with Crippen molar-refractivity contribution in [3.8, 4) is 0 Å². The van der Waals surface area contributed by atoms with Gasteiger partial charge < -0.3 is 15.1 Å². The number of hydrogen-bond donors (Lipinski definition) is 2. The molecule has 0 atom stereocenters. The molecule has 2 aliphatic heterocycles. The molecular weight excluding hydrogens is 260 g/mol. The van der Waals surface area contributed by atoms with Crippen molar-refractivity contribution in [2.45, 2.75) is 43.6 Å². The van der Waals surface area contributed by atoms with Crippen LogP contribution in [0.1, 0.15) is 25.7 Å². The minimum absolute atomic E-state index is 0.0500. The summed E-state index contributed by atoms with van der Waals surface area (Å²) in [6.07, 6.45) is 3.38. The van der Waals surface area contributed by atoms with Crippen molar-refractivity contribution in [3.63, 3.8) is 0 Å². The third-order valence-corrected chi connectivity index (χ3v) is 5.21. The largest absolute Gasteiger partial charge is 0.362 e. The van der Waals surface area contributed by atoms with Crippen molar-refractivity contribution in [3.05, 3.63) is 0 Å². The second-order valence-electron chi connectivity index (χ2n) is 6.97. The van der Waals surface area contributed by atoms with Crippen LogP contribution in [-0.2, 0) is 0 Å². The fourth-order valence-electron chi connectivity index (χ4n) is 4.19. The van der Waals surface area contributed by atoms with Crippen LogP contribution in [0, 0.1) is 5.41 Å². The van der Waals surface area contributed by atoms with Crippen LogP contribution in [-0.4, -0.2) is 84.1 Å². The van der Waals surface area contributed by atoms with Gasteiger partial charge in [-0.15, -0.1) is 9.60 Å². The molecule has 0 aromatic heterocycles. The number of likely N-dealkylation sites (tertiary alicyclic amines) is 1. The second kappa shape index (κ2) is 4.92. The summed E-state index contributed by atoms with van der Waals surface area (Å²) >= 11 is 0. The van der Waals surface area contributed by atoms with Gasteiger partial charge in [0.15, 0.2) is 13.7 Å². The number of halogens is 1. The molecule has 112 valence electrons. The Morgan fingerprint density at radius 3 is 2.20 bits per heavy atom. The molecular formula is C13H23BFN3O2. The topological polar surface area (TPSA) is 50.2 Å². The van der Waals surface area contributed by atoms with Crippen molar-refractivity contribution in [1.29, 1.82) is 0 Å².